The van der Waals surface area contributed by atoms with Crippen molar-refractivity contribution in [1.82, 2.24) is 0 Å². The highest BCUT2D eigenvalue weighted by Crippen LogP contribution is 2.52. The third kappa shape index (κ3) is 6.10. The van der Waals surface area contributed by atoms with Gasteiger partial charge in [-0.15, -0.1) is 68.4 Å². The van der Waals surface area contributed by atoms with Gasteiger partial charge in [-0.1, -0.05) is 25.5 Å². The van der Waals surface area contributed by atoms with E-state index in [4.69, 9.17) is 18.9 Å². The van der Waals surface area contributed by atoms with E-state index in [0.717, 1.165) is 62.6 Å². The molecule has 7 aliphatic rings. The number of rotatable bonds is 1. The molecule has 3 aliphatic carbocycles. The van der Waals surface area contributed by atoms with Crippen LogP contribution in [0.1, 0.15) is 118 Å². The van der Waals surface area contributed by atoms with Gasteiger partial charge in [-0.05, 0) is 143 Å². The van der Waals surface area contributed by atoms with E-state index in [1.54, 1.807) is 51.9 Å². The molecule has 9 heterocycles. The summed E-state index contributed by atoms with van der Waals surface area (Å²) in [5, 5.41) is 0.617. The lowest BCUT2D eigenvalue weighted by Crippen LogP contribution is -2.17. The van der Waals surface area contributed by atoms with Gasteiger partial charge in [0.25, 0.3) is 0 Å². The summed E-state index contributed by atoms with van der Waals surface area (Å²) in [5.41, 5.74) is 12.9. The minimum atomic E-state index is 0.602. The second-order valence-electron chi connectivity index (χ2n) is 17.7. The van der Waals surface area contributed by atoms with Gasteiger partial charge in [0.15, 0.2) is 11.5 Å². The van der Waals surface area contributed by atoms with Crippen LogP contribution in [0.2, 0.25) is 0 Å². The zero-order valence-corrected chi connectivity index (χ0v) is 39.4. The highest BCUT2D eigenvalue weighted by Gasteiger charge is 2.35. The van der Waals surface area contributed by atoms with E-state index >= 15 is 0 Å². The molecular weight excluding hydrogens is 845 g/mol. The molecule has 10 heteroatoms. The smallest absolute Gasteiger partial charge is 0.181 e. The topological polar surface area (TPSA) is 36.9 Å². The van der Waals surface area contributed by atoms with Gasteiger partial charge in [-0.25, -0.2) is 0 Å². The average molecular weight is 897 g/mol. The van der Waals surface area contributed by atoms with Crippen molar-refractivity contribution in [2.75, 3.05) is 26.4 Å². The molecule has 0 N–H and O–H groups in total. The molecule has 0 amide bonds. The second-order valence-corrected chi connectivity index (χ2v) is 23.9. The first kappa shape index (κ1) is 38.2. The number of thioether (sulfide) groups is 1. The van der Waals surface area contributed by atoms with Gasteiger partial charge in [0.05, 0.1) is 44.9 Å². The molecule has 59 heavy (non-hydrogen) atoms. The maximum atomic E-state index is 6.76. The summed E-state index contributed by atoms with van der Waals surface area (Å²) in [5.74, 6) is 4.90. The van der Waals surface area contributed by atoms with Crippen LogP contribution < -0.4 is 28.0 Å². The number of thiophene rings is 5. The van der Waals surface area contributed by atoms with E-state index in [1.807, 2.05) is 22.7 Å². The molecule has 1 unspecified atom stereocenters. The largest absolute Gasteiger partial charge is 0.492 e. The van der Waals surface area contributed by atoms with Gasteiger partial charge in [-0.3, -0.25) is 0 Å². The van der Waals surface area contributed by atoms with Gasteiger partial charge in [-0.2, -0.15) is 0 Å². The molecular formula is C49H52O4S6. The third-order valence-electron chi connectivity index (χ3n) is 13.7. The van der Waals surface area contributed by atoms with Crippen LogP contribution in [-0.4, -0.2) is 31.7 Å². The summed E-state index contributed by atoms with van der Waals surface area (Å²) in [6, 6.07) is 0. The van der Waals surface area contributed by atoms with Gasteiger partial charge in [0, 0.05) is 34.9 Å². The monoisotopic (exact) mass is 896 g/mol. The fourth-order valence-corrected chi connectivity index (χ4v) is 19.9. The second kappa shape index (κ2) is 15.4. The van der Waals surface area contributed by atoms with E-state index in [0.29, 0.717) is 24.4 Å². The van der Waals surface area contributed by atoms with Crippen LogP contribution in [0.3, 0.4) is 0 Å². The van der Waals surface area contributed by atoms with Crippen molar-refractivity contribution >= 4 is 79.4 Å². The molecule has 12 rings (SSSR count). The van der Waals surface area contributed by atoms with E-state index in [2.05, 4.69) is 72.6 Å². The van der Waals surface area contributed by atoms with Crippen molar-refractivity contribution in [1.29, 1.82) is 0 Å². The van der Waals surface area contributed by atoms with Crippen molar-refractivity contribution in [2.45, 2.75) is 129 Å². The summed E-state index contributed by atoms with van der Waals surface area (Å²) >= 11 is 12.3. The van der Waals surface area contributed by atoms with E-state index in [9.17, 15) is 0 Å². The Morgan fingerprint density at radius 1 is 0.441 bits per heavy atom. The summed E-state index contributed by atoms with van der Waals surface area (Å²) in [6.07, 6.45) is 21.6. The van der Waals surface area contributed by atoms with Crippen LogP contribution >= 0.6 is 68.4 Å². The highest BCUT2D eigenvalue weighted by atomic mass is 32.2. The lowest BCUT2D eigenvalue weighted by molar-refractivity contribution is 0.171. The van der Waals surface area contributed by atoms with E-state index in [1.165, 1.54) is 119 Å². The summed E-state index contributed by atoms with van der Waals surface area (Å²) < 4.78 is 40.3. The van der Waals surface area contributed by atoms with Gasteiger partial charge in [0.1, 0.15) is 24.7 Å². The number of ether oxygens (including phenoxy) is 4. The molecule has 0 radical (unpaired) electrons. The fourth-order valence-electron chi connectivity index (χ4n) is 11.0. The summed E-state index contributed by atoms with van der Waals surface area (Å²) in [6.45, 7) is 9.82. The zero-order chi connectivity index (χ0) is 39.4. The number of hydrogen-bond acceptors (Lipinski definition) is 10. The first-order chi connectivity index (χ1) is 29.1. The molecule has 5 aromatic rings. The molecule has 0 aromatic carbocycles. The Morgan fingerprint density at radius 3 is 1.49 bits per heavy atom. The van der Waals surface area contributed by atoms with Gasteiger partial charge < -0.3 is 18.9 Å². The lowest BCUT2D eigenvalue weighted by Gasteiger charge is -2.20. The number of fused-ring (bicyclic) bond motifs is 5. The molecule has 5 aromatic heterocycles. The zero-order valence-electron chi connectivity index (χ0n) is 34.5. The van der Waals surface area contributed by atoms with Crippen molar-refractivity contribution in [2.24, 2.45) is 5.92 Å². The van der Waals surface area contributed by atoms with E-state index in [-0.39, 0.29) is 0 Å². The maximum absolute atomic E-state index is 6.76. The van der Waals surface area contributed by atoms with Crippen LogP contribution in [0, 0.1) is 42.2 Å². The Kier molecular flexibility index (Phi) is 9.98. The molecule has 4 aliphatic heterocycles. The van der Waals surface area contributed by atoms with Crippen molar-refractivity contribution in [3.05, 3.63) is 89.9 Å². The van der Waals surface area contributed by atoms with Gasteiger partial charge >= 0.3 is 0 Å². The molecule has 308 valence electrons. The highest BCUT2D eigenvalue weighted by molar-refractivity contribution is 8.09. The SMILES string of the molecule is C/C=c1/s/c(=c2/s/c(=c3/s/c(=c4/s/c(=c5/s/c(=C6/SC(C(C)C)C7=C6CCCC7)c6c5CCCO6)c5c4CCCC5)c4c3CCCC4)c3c2CCCO3)c2c1OCCO2. The quantitative estimate of drug-likeness (QED) is 0.168. The first-order valence-electron chi connectivity index (χ1n) is 22.4. The third-order valence-corrected chi connectivity index (χ3v) is 22.5. The lowest BCUT2D eigenvalue weighted by atomic mass is 9.86. The van der Waals surface area contributed by atoms with Crippen molar-refractivity contribution in [3.63, 3.8) is 0 Å². The predicted octanol–water partition coefficient (Wildman–Crippen LogP) is 11.9. The average Bonchev–Trinajstić information content (AvgIpc) is 4.14. The minimum absolute atomic E-state index is 0.602. The molecule has 0 spiro atoms. The number of hydrogen-bond donors (Lipinski definition) is 0. The van der Waals surface area contributed by atoms with Crippen LogP contribution in [-0.2, 0) is 38.5 Å². The summed E-state index contributed by atoms with van der Waals surface area (Å²) in [7, 11) is 0. The molecule has 4 nitrogen and oxygen atoms in total. The Morgan fingerprint density at radius 2 is 0.881 bits per heavy atom. The maximum Gasteiger partial charge on any atom is 0.181 e. The molecule has 1 atom stereocenters. The standard InChI is InChI=1S/C49H52O4S6/c1-4-34-37-38(53-24-23-52-37)49(54-34)46-33-20-12-22-51-36(33)48(59-46)44-31-18-10-9-17-30(31)41(57-44)40-28-15-7-8-16-29(28)42(56-40)45-32-19-11-21-50-35(32)47(58-45)43-27-14-6-5-13-26(27)39(55-43)25(2)3/h4,25,39H,5-24H2,1-3H3/b34-4+,41-40+,45-42+,47-43+,48-44+,49-46+. The van der Waals surface area contributed by atoms with Crippen LogP contribution in [0.25, 0.3) is 11.0 Å². The summed E-state index contributed by atoms with van der Waals surface area (Å²) in [4.78, 5) is 1.57. The van der Waals surface area contributed by atoms with Crippen molar-refractivity contribution in [3.8, 4) is 23.0 Å². The Balaban J connectivity index is 1.19. The van der Waals surface area contributed by atoms with Crippen LogP contribution in [0.15, 0.2) is 11.1 Å². The van der Waals surface area contributed by atoms with Gasteiger partial charge in [0.2, 0.25) is 0 Å². The Bertz CT molecular complexity index is 3120. The predicted molar refractivity (Wildman–Crippen MR) is 249 cm³/mol. The molecule has 0 saturated carbocycles. The normalized spacial score (nSPS) is 24.6. The molecule has 0 fully saturated rings. The van der Waals surface area contributed by atoms with Crippen LogP contribution in [0.4, 0.5) is 0 Å². The molecule has 0 bridgehead atoms. The Hall–Kier alpha value is -2.47. The molecule has 0 saturated heterocycles. The van der Waals surface area contributed by atoms with E-state index < -0.39 is 0 Å². The Labute approximate surface area is 369 Å². The van der Waals surface area contributed by atoms with Crippen molar-refractivity contribution < 1.29 is 18.9 Å². The fraction of sp³-hybridized carbons (Fsp3) is 0.510. The van der Waals surface area contributed by atoms with Crippen LogP contribution in [0.5, 0.6) is 23.0 Å². The minimum Gasteiger partial charge on any atom is -0.492 e. The first-order valence-corrected chi connectivity index (χ1v) is 27.4.